The van der Waals surface area contributed by atoms with Gasteiger partial charge in [-0.15, -0.1) is 20.4 Å². The summed E-state index contributed by atoms with van der Waals surface area (Å²) in [7, 11) is -4.67. The van der Waals surface area contributed by atoms with Gasteiger partial charge in [-0.05, 0) is 50.2 Å². The number of rotatable bonds is 6. The van der Waals surface area contributed by atoms with Gasteiger partial charge in [0.15, 0.2) is 0 Å². The van der Waals surface area contributed by atoms with Crippen LogP contribution in [0.5, 0.6) is 0 Å². The molecule has 0 radical (unpaired) electrons. The average molecular weight is 674 g/mol. The molecule has 0 saturated carbocycles. The predicted octanol–water partition coefficient (Wildman–Crippen LogP) is 2.51. The van der Waals surface area contributed by atoms with Gasteiger partial charge >= 0.3 is 10.4 Å². The molecular formula is C20H24Cl4N10O6S. The van der Waals surface area contributed by atoms with Gasteiger partial charge in [0.25, 0.3) is 11.8 Å². The van der Waals surface area contributed by atoms with Crippen LogP contribution in [0, 0.1) is 0 Å². The third kappa shape index (κ3) is 18.3. The number of nitrogens with two attached hydrogens (primary N) is 4. The molecule has 0 fully saturated rings. The zero-order valence-electron chi connectivity index (χ0n) is 21.0. The van der Waals surface area contributed by atoms with Gasteiger partial charge in [0, 0.05) is 11.4 Å². The highest BCUT2D eigenvalue weighted by Crippen LogP contribution is 2.25. The van der Waals surface area contributed by atoms with E-state index in [0.717, 1.165) is 0 Å². The summed E-state index contributed by atoms with van der Waals surface area (Å²) in [4.78, 5) is 23.3. The number of guanidine groups is 2. The summed E-state index contributed by atoms with van der Waals surface area (Å²) in [6.07, 6.45) is 0. The first-order valence-corrected chi connectivity index (χ1v) is 13.2. The monoisotopic (exact) mass is 672 g/mol. The fraction of sp³-hybridized carbons (Fsp3) is 0.100. The molecule has 0 unspecified atom stereocenters. The summed E-state index contributed by atoms with van der Waals surface area (Å²) < 4.78 is 31.6. The van der Waals surface area contributed by atoms with Crippen LogP contribution in [0.4, 0.5) is 11.4 Å². The first-order valence-electron chi connectivity index (χ1n) is 10.3. The van der Waals surface area contributed by atoms with E-state index in [-0.39, 0.29) is 23.3 Å². The lowest BCUT2D eigenvalue weighted by Crippen LogP contribution is -2.23. The first kappa shape index (κ1) is 37.3. The summed E-state index contributed by atoms with van der Waals surface area (Å²) in [6, 6.07) is 9.41. The zero-order valence-corrected chi connectivity index (χ0v) is 24.9. The molecule has 0 spiro atoms. The Morgan fingerprint density at radius 3 is 1.20 bits per heavy atom. The maximum atomic E-state index is 11.7. The molecule has 0 atom stereocenters. The fourth-order valence-electron chi connectivity index (χ4n) is 1.95. The molecule has 0 heterocycles. The summed E-state index contributed by atoms with van der Waals surface area (Å²) in [6.45, 7) is 2.94. The Morgan fingerprint density at radius 1 is 0.659 bits per heavy atom. The fourth-order valence-corrected chi connectivity index (χ4v) is 2.54. The normalized spacial score (nSPS) is 11.0. The van der Waals surface area contributed by atoms with Crippen molar-refractivity contribution in [2.75, 3.05) is 10.6 Å². The molecule has 0 bridgehead atoms. The van der Waals surface area contributed by atoms with Crippen LogP contribution in [-0.4, -0.2) is 52.7 Å². The van der Waals surface area contributed by atoms with Gasteiger partial charge in [0.2, 0.25) is 11.9 Å². The molecule has 0 saturated heterocycles. The molecule has 2 aromatic rings. The maximum Gasteiger partial charge on any atom is 0.394 e. The Labute approximate surface area is 254 Å². The lowest BCUT2D eigenvalue weighted by molar-refractivity contribution is -0.111. The van der Waals surface area contributed by atoms with Gasteiger partial charge in [0.05, 0.1) is 20.1 Å². The number of nitrogens with one attached hydrogen (secondary N) is 2. The maximum absolute atomic E-state index is 11.7. The van der Waals surface area contributed by atoms with Crippen LogP contribution in [0.1, 0.15) is 13.8 Å². The van der Waals surface area contributed by atoms with Crippen LogP contribution >= 0.6 is 46.4 Å². The smallest absolute Gasteiger partial charge is 0.369 e. The van der Waals surface area contributed by atoms with Crippen LogP contribution in [0.25, 0.3) is 0 Å². The van der Waals surface area contributed by atoms with E-state index in [9.17, 15) is 9.59 Å². The Balaban J connectivity index is 0.000000671. The average Bonchev–Trinajstić information content (AvgIpc) is 2.84. The van der Waals surface area contributed by atoms with Crippen molar-refractivity contribution < 1.29 is 27.1 Å². The summed E-state index contributed by atoms with van der Waals surface area (Å²) >= 11 is 23.1. The number of hydrogen-bond donors (Lipinski definition) is 8. The third-order valence-corrected chi connectivity index (χ3v) is 5.12. The number of halogens is 4. The minimum Gasteiger partial charge on any atom is -0.369 e. The van der Waals surface area contributed by atoms with Crippen molar-refractivity contribution >= 4 is 103 Å². The highest BCUT2D eigenvalue weighted by Gasteiger charge is 2.09. The molecule has 0 aliphatic carbocycles. The van der Waals surface area contributed by atoms with Gasteiger partial charge in [-0.1, -0.05) is 46.4 Å². The van der Waals surface area contributed by atoms with Gasteiger partial charge in [-0.25, -0.2) is 0 Å². The topological polar surface area (TPSA) is 286 Å². The van der Waals surface area contributed by atoms with E-state index in [1.54, 1.807) is 24.3 Å². The Hall–Kier alpha value is -3.71. The van der Waals surface area contributed by atoms with E-state index in [1.165, 1.54) is 26.0 Å². The predicted molar refractivity (Wildman–Crippen MR) is 162 cm³/mol. The number of carbonyl (C=O) groups excluding carboxylic acids is 2. The van der Waals surface area contributed by atoms with E-state index in [0.29, 0.717) is 31.5 Å². The number of nitrogens with zero attached hydrogens (tertiary/aromatic N) is 4. The number of amides is 2. The molecule has 21 heteroatoms. The minimum atomic E-state index is -4.67. The number of hydrogen-bond acceptors (Lipinski definition) is 8. The lowest BCUT2D eigenvalue weighted by Gasteiger charge is -2.05. The van der Waals surface area contributed by atoms with Crippen LogP contribution in [-0.2, 0) is 20.0 Å². The van der Waals surface area contributed by atoms with Gasteiger partial charge in [-0.2, -0.15) is 8.42 Å². The number of benzene rings is 2. The number of anilines is 2. The van der Waals surface area contributed by atoms with Gasteiger partial charge in [-0.3, -0.25) is 18.7 Å². The molecule has 2 rings (SSSR count). The van der Waals surface area contributed by atoms with Crippen molar-refractivity contribution in [2.45, 2.75) is 13.8 Å². The molecule has 0 aromatic heterocycles. The largest absolute Gasteiger partial charge is 0.394 e. The minimum absolute atomic E-state index is 0.106. The van der Waals surface area contributed by atoms with Crippen molar-refractivity contribution in [1.82, 2.24) is 0 Å². The molecular weight excluding hydrogens is 650 g/mol. The zero-order chi connectivity index (χ0) is 31.9. The van der Waals surface area contributed by atoms with Crippen molar-refractivity contribution in [1.29, 1.82) is 0 Å². The van der Waals surface area contributed by atoms with E-state index in [4.69, 9.17) is 86.9 Å². The summed E-state index contributed by atoms with van der Waals surface area (Å²) in [5.41, 5.74) is 21.5. The molecule has 12 N–H and O–H groups in total. The van der Waals surface area contributed by atoms with Crippen LogP contribution in [0.3, 0.4) is 0 Å². The molecule has 2 aromatic carbocycles. The SMILES string of the molecule is CC(=NN=C(N)N)C(=O)Nc1ccc(Cl)c(Cl)c1.CC(=NN=C(N)N)C(=O)Nc1ccc(Cl)c(Cl)c1.O=S(=O)(O)O. The molecule has 224 valence electrons. The van der Waals surface area contributed by atoms with Crippen molar-refractivity contribution in [3.63, 3.8) is 0 Å². The standard InChI is InChI=1S/2C10H11Cl2N5O.H2O4S/c2*1-5(16-17-10(13)14)9(18)15-6-2-3-7(11)8(12)4-6;1-5(2,3)4/h2*2-4H,1H3,(H,15,18)(H4,13,14,17);(H2,1,2,3,4). The van der Waals surface area contributed by atoms with Crippen LogP contribution < -0.4 is 33.6 Å². The molecule has 41 heavy (non-hydrogen) atoms. The highest BCUT2D eigenvalue weighted by atomic mass is 35.5. The Bertz CT molecular complexity index is 1370. The van der Waals surface area contributed by atoms with Crippen molar-refractivity contribution in [3.05, 3.63) is 56.5 Å². The number of carbonyl (C=O) groups is 2. The molecule has 16 nitrogen and oxygen atoms in total. The van der Waals surface area contributed by atoms with Crippen molar-refractivity contribution in [3.8, 4) is 0 Å². The van der Waals surface area contributed by atoms with Crippen LogP contribution in [0.2, 0.25) is 20.1 Å². The Kier molecular flexibility index (Phi) is 16.3. The van der Waals surface area contributed by atoms with E-state index < -0.39 is 22.2 Å². The van der Waals surface area contributed by atoms with E-state index in [2.05, 4.69) is 31.0 Å². The summed E-state index contributed by atoms with van der Waals surface area (Å²) in [5, 5.41) is 20.5. The van der Waals surface area contributed by atoms with Crippen molar-refractivity contribution in [2.24, 2.45) is 43.3 Å². The van der Waals surface area contributed by atoms with E-state index >= 15 is 0 Å². The highest BCUT2D eigenvalue weighted by molar-refractivity contribution is 7.79. The molecule has 2 amide bonds. The lowest BCUT2D eigenvalue weighted by atomic mass is 10.3. The summed E-state index contributed by atoms with van der Waals surface area (Å²) in [5.74, 6) is -1.34. The second-order valence-corrected chi connectivity index (χ2v) is 9.56. The third-order valence-electron chi connectivity index (χ3n) is 3.64. The molecule has 0 aliphatic rings. The second-order valence-electron chi connectivity index (χ2n) is 7.03. The van der Waals surface area contributed by atoms with Crippen LogP contribution in [0.15, 0.2) is 56.8 Å². The molecule has 0 aliphatic heterocycles. The van der Waals surface area contributed by atoms with Gasteiger partial charge in [0.1, 0.15) is 11.4 Å². The van der Waals surface area contributed by atoms with Gasteiger partial charge < -0.3 is 33.6 Å². The van der Waals surface area contributed by atoms with E-state index in [1.807, 2.05) is 0 Å². The Morgan fingerprint density at radius 2 is 0.951 bits per heavy atom. The quantitative estimate of drug-likeness (QED) is 0.0959. The first-order chi connectivity index (χ1) is 18.8. The second kappa shape index (κ2) is 17.9.